The van der Waals surface area contributed by atoms with Crippen molar-refractivity contribution >= 4 is 5.91 Å². The molecule has 5 nitrogen and oxygen atoms in total. The van der Waals surface area contributed by atoms with Crippen molar-refractivity contribution in [3.8, 4) is 5.88 Å². The molecule has 1 amide bonds. The summed E-state index contributed by atoms with van der Waals surface area (Å²) in [7, 11) is 0. The highest BCUT2D eigenvalue weighted by Gasteiger charge is 2.56. The number of hydrogen-bond acceptors (Lipinski definition) is 4. The first-order chi connectivity index (χ1) is 14.4. The molecule has 1 saturated heterocycles. The molecule has 3 aliphatic rings. The van der Waals surface area contributed by atoms with Crippen molar-refractivity contribution in [2.24, 2.45) is 11.3 Å². The second-order valence-corrected chi connectivity index (χ2v) is 9.33. The number of alkyl halides is 5. The first kappa shape index (κ1) is 22.2. The molecule has 0 aromatic carbocycles. The molecule has 10 heteroatoms. The van der Waals surface area contributed by atoms with Crippen molar-refractivity contribution in [2.75, 3.05) is 13.1 Å². The monoisotopic (exact) mass is 448 g/mol. The summed E-state index contributed by atoms with van der Waals surface area (Å²) in [4.78, 5) is 17.7. The highest BCUT2D eigenvalue weighted by atomic mass is 19.4. The maximum Gasteiger partial charge on any atom is 0.433 e. The average molecular weight is 448 g/mol. The van der Waals surface area contributed by atoms with E-state index in [0.717, 1.165) is 12.8 Å². The number of nitrogens with zero attached hydrogens (tertiary/aromatic N) is 2. The smallest absolute Gasteiger partial charge is 0.433 e. The molecule has 2 saturated carbocycles. The van der Waals surface area contributed by atoms with Gasteiger partial charge in [0, 0.05) is 30.5 Å². The summed E-state index contributed by atoms with van der Waals surface area (Å²) in [5.41, 5.74) is -2.98. The number of amides is 1. The Balaban J connectivity index is 1.26. The average Bonchev–Trinajstić information content (AvgIpc) is 2.64. The lowest BCUT2D eigenvalue weighted by molar-refractivity contribution is -0.189. The van der Waals surface area contributed by atoms with Gasteiger partial charge < -0.3 is 14.7 Å². The van der Waals surface area contributed by atoms with Crippen molar-refractivity contribution in [1.82, 2.24) is 9.88 Å². The van der Waals surface area contributed by atoms with Crippen LogP contribution < -0.4 is 4.74 Å². The minimum atomic E-state index is -4.53. The molecule has 31 heavy (non-hydrogen) atoms. The molecule has 172 valence electrons. The highest BCUT2D eigenvalue weighted by Crippen LogP contribution is 2.48. The van der Waals surface area contributed by atoms with Gasteiger partial charge in [0.05, 0.1) is 0 Å². The SMILES string of the molecule is Cc1ccc(OC2CCC3(CC2)CN(C(=O)C2CC(O)(C(F)F)C2)C3)nc1C(F)(F)F. The van der Waals surface area contributed by atoms with E-state index >= 15 is 0 Å². The second-order valence-electron chi connectivity index (χ2n) is 9.33. The van der Waals surface area contributed by atoms with Gasteiger partial charge in [0.1, 0.15) is 11.7 Å². The maximum absolute atomic E-state index is 13.0. The van der Waals surface area contributed by atoms with Gasteiger partial charge in [0.25, 0.3) is 6.43 Å². The number of ether oxygens (including phenoxy) is 1. The first-order valence-electron chi connectivity index (χ1n) is 10.4. The van der Waals surface area contributed by atoms with Gasteiger partial charge in [-0.3, -0.25) is 4.79 Å². The molecule has 2 heterocycles. The van der Waals surface area contributed by atoms with Crippen LogP contribution in [0, 0.1) is 18.3 Å². The van der Waals surface area contributed by atoms with Crippen molar-refractivity contribution in [3.63, 3.8) is 0 Å². The van der Waals surface area contributed by atoms with Gasteiger partial charge in [0.2, 0.25) is 11.8 Å². The Labute approximate surface area is 176 Å². The third kappa shape index (κ3) is 4.23. The lowest BCUT2D eigenvalue weighted by Gasteiger charge is -2.55. The standard InChI is InChI=1S/C21H25F5N2O3/c1-12-2-3-15(27-16(12)21(24,25)26)31-14-4-6-19(7-5-14)10-28(11-19)17(29)13-8-20(30,9-13)18(22)23/h2-3,13-14,18,30H,4-11H2,1H3. The number of halogens is 5. The van der Waals surface area contributed by atoms with Gasteiger partial charge in [0.15, 0.2) is 5.69 Å². The molecule has 1 N–H and O–H groups in total. The topological polar surface area (TPSA) is 62.7 Å². The van der Waals surface area contributed by atoms with Gasteiger partial charge in [-0.25, -0.2) is 13.8 Å². The number of aromatic nitrogens is 1. The molecule has 4 rings (SSSR count). The van der Waals surface area contributed by atoms with E-state index < -0.39 is 29.8 Å². The van der Waals surface area contributed by atoms with E-state index in [4.69, 9.17) is 4.74 Å². The van der Waals surface area contributed by atoms with Crippen molar-refractivity contribution in [3.05, 3.63) is 23.4 Å². The summed E-state index contributed by atoms with van der Waals surface area (Å²) in [5, 5.41) is 9.65. The van der Waals surface area contributed by atoms with E-state index in [1.54, 1.807) is 4.90 Å². The molecule has 1 aromatic heterocycles. The fourth-order valence-corrected chi connectivity index (χ4v) is 5.00. The Morgan fingerprint density at radius 3 is 2.39 bits per heavy atom. The Morgan fingerprint density at radius 1 is 1.23 bits per heavy atom. The molecular formula is C21H25F5N2O3. The maximum atomic E-state index is 13.0. The van der Waals surface area contributed by atoms with Crippen molar-refractivity contribution < 1.29 is 36.6 Å². The Bertz CT molecular complexity index is 838. The van der Waals surface area contributed by atoms with Gasteiger partial charge in [-0.05, 0) is 51.0 Å². The van der Waals surface area contributed by atoms with E-state index in [1.807, 2.05) is 0 Å². The molecule has 0 atom stereocenters. The zero-order valence-electron chi connectivity index (χ0n) is 17.1. The van der Waals surface area contributed by atoms with Crippen LogP contribution in [-0.4, -0.2) is 52.1 Å². The number of pyridine rings is 1. The molecule has 0 radical (unpaired) electrons. The zero-order valence-corrected chi connectivity index (χ0v) is 17.1. The number of carbonyl (C=O) groups excluding carboxylic acids is 1. The molecule has 1 aromatic rings. The lowest BCUT2D eigenvalue weighted by Crippen LogP contribution is -2.64. The van der Waals surface area contributed by atoms with E-state index in [9.17, 15) is 31.9 Å². The van der Waals surface area contributed by atoms with E-state index in [0.29, 0.717) is 25.9 Å². The van der Waals surface area contributed by atoms with E-state index in [2.05, 4.69) is 4.98 Å². The molecular weight excluding hydrogens is 423 g/mol. The normalized spacial score (nSPS) is 28.4. The molecule has 0 bridgehead atoms. The van der Waals surface area contributed by atoms with Crippen LogP contribution in [0.3, 0.4) is 0 Å². The summed E-state index contributed by atoms with van der Waals surface area (Å²) in [5.74, 6) is -0.773. The van der Waals surface area contributed by atoms with Crippen LogP contribution in [0.1, 0.15) is 49.8 Å². The minimum absolute atomic E-state index is 0.0409. The quantitative estimate of drug-likeness (QED) is 0.709. The van der Waals surface area contributed by atoms with Crippen LogP contribution in [-0.2, 0) is 11.0 Å². The second kappa shape index (κ2) is 7.56. The van der Waals surface area contributed by atoms with Gasteiger partial charge in [-0.15, -0.1) is 0 Å². The number of aryl methyl sites for hydroxylation is 1. The third-order valence-electron chi connectivity index (χ3n) is 6.94. The van der Waals surface area contributed by atoms with Crippen LogP contribution >= 0.6 is 0 Å². The predicted molar refractivity (Wildman–Crippen MR) is 99.6 cm³/mol. The number of carbonyl (C=O) groups is 1. The minimum Gasteiger partial charge on any atom is -0.474 e. The van der Waals surface area contributed by atoms with Crippen LogP contribution in [0.25, 0.3) is 0 Å². The van der Waals surface area contributed by atoms with Crippen LogP contribution in [0.4, 0.5) is 22.0 Å². The molecule has 3 fully saturated rings. The highest BCUT2D eigenvalue weighted by molar-refractivity contribution is 5.81. The van der Waals surface area contributed by atoms with Crippen LogP contribution in [0.5, 0.6) is 5.88 Å². The zero-order chi connectivity index (χ0) is 22.6. The van der Waals surface area contributed by atoms with Crippen LogP contribution in [0.15, 0.2) is 12.1 Å². The lowest BCUT2D eigenvalue weighted by atomic mass is 9.65. The van der Waals surface area contributed by atoms with Gasteiger partial charge in [-0.2, -0.15) is 13.2 Å². The molecule has 1 spiro atoms. The van der Waals surface area contributed by atoms with E-state index in [-0.39, 0.29) is 41.7 Å². The van der Waals surface area contributed by atoms with Gasteiger partial charge >= 0.3 is 6.18 Å². The first-order valence-corrected chi connectivity index (χ1v) is 10.4. The van der Waals surface area contributed by atoms with Crippen molar-refractivity contribution in [2.45, 2.75) is 69.8 Å². The van der Waals surface area contributed by atoms with Gasteiger partial charge in [-0.1, -0.05) is 6.07 Å². The summed E-state index contributed by atoms with van der Waals surface area (Å²) < 4.78 is 70.3. The third-order valence-corrected chi connectivity index (χ3v) is 6.94. The number of hydrogen-bond donors (Lipinski definition) is 1. The predicted octanol–water partition coefficient (Wildman–Crippen LogP) is 3.97. The molecule has 2 aliphatic carbocycles. The molecule has 1 aliphatic heterocycles. The largest absolute Gasteiger partial charge is 0.474 e. The summed E-state index contributed by atoms with van der Waals surface area (Å²) in [6.07, 6.45) is -5.19. The number of aliphatic hydroxyl groups is 1. The summed E-state index contributed by atoms with van der Waals surface area (Å²) in [6.45, 7) is 2.44. The Kier molecular flexibility index (Phi) is 5.43. The number of rotatable bonds is 4. The Morgan fingerprint density at radius 2 is 1.84 bits per heavy atom. The molecule has 0 unspecified atom stereocenters. The van der Waals surface area contributed by atoms with E-state index in [1.165, 1.54) is 19.1 Å². The van der Waals surface area contributed by atoms with Crippen LogP contribution in [0.2, 0.25) is 0 Å². The summed E-state index contributed by atoms with van der Waals surface area (Å²) in [6, 6.07) is 2.79. The van der Waals surface area contributed by atoms with Crippen molar-refractivity contribution in [1.29, 1.82) is 0 Å². The Hall–Kier alpha value is -1.97. The fourth-order valence-electron chi connectivity index (χ4n) is 5.00. The number of likely N-dealkylation sites (tertiary alicyclic amines) is 1. The fraction of sp³-hybridized carbons (Fsp3) is 0.714. The summed E-state index contributed by atoms with van der Waals surface area (Å²) >= 11 is 0.